The molecule has 4 nitrogen and oxygen atoms in total. The van der Waals surface area contributed by atoms with Crippen molar-refractivity contribution in [3.05, 3.63) is 29.5 Å². The average molecular weight is 259 g/mol. The first kappa shape index (κ1) is 12.1. The highest BCUT2D eigenvalue weighted by Crippen LogP contribution is 2.42. The van der Waals surface area contributed by atoms with Crippen molar-refractivity contribution in [1.82, 2.24) is 4.98 Å². The van der Waals surface area contributed by atoms with Crippen LogP contribution < -0.4 is 4.74 Å². The molecule has 100 valence electrons. The van der Waals surface area contributed by atoms with E-state index in [0.29, 0.717) is 6.42 Å². The van der Waals surface area contributed by atoms with Crippen LogP contribution in [-0.2, 0) is 16.6 Å². The number of aromatic amines is 1. The van der Waals surface area contributed by atoms with E-state index in [2.05, 4.69) is 4.98 Å². The number of para-hydroxylation sites is 1. The monoisotopic (exact) mass is 259 g/mol. The number of nitrogens with one attached hydrogen (secondary N) is 1. The van der Waals surface area contributed by atoms with Crippen molar-refractivity contribution >= 4 is 16.9 Å². The molecule has 0 fully saturated rings. The minimum atomic E-state index is -0.822. The summed E-state index contributed by atoms with van der Waals surface area (Å²) in [6.07, 6.45) is 2.50. The number of hydrogen-bond donors (Lipinski definition) is 2. The summed E-state index contributed by atoms with van der Waals surface area (Å²) in [7, 11) is 1.63. The van der Waals surface area contributed by atoms with E-state index in [1.807, 2.05) is 18.2 Å². The first-order chi connectivity index (χ1) is 9.08. The molecule has 1 aliphatic carbocycles. The average Bonchev–Trinajstić information content (AvgIpc) is 2.79. The van der Waals surface area contributed by atoms with E-state index in [1.165, 1.54) is 0 Å². The second kappa shape index (κ2) is 4.02. The molecule has 0 aliphatic heterocycles. The molecule has 2 N–H and O–H groups in total. The van der Waals surface area contributed by atoms with Crippen LogP contribution in [0.15, 0.2) is 18.2 Å². The zero-order chi connectivity index (χ0) is 13.6. The van der Waals surface area contributed by atoms with E-state index in [4.69, 9.17) is 4.74 Å². The molecule has 0 radical (unpaired) electrons. The summed E-state index contributed by atoms with van der Waals surface area (Å²) in [5, 5.41) is 10.6. The van der Waals surface area contributed by atoms with E-state index >= 15 is 0 Å². The minimum Gasteiger partial charge on any atom is -0.495 e. The first-order valence-corrected chi connectivity index (χ1v) is 6.49. The predicted octanol–water partition coefficient (Wildman–Crippen LogP) is 2.86. The lowest BCUT2D eigenvalue weighted by atomic mass is 9.75. The van der Waals surface area contributed by atoms with Gasteiger partial charge in [-0.15, -0.1) is 0 Å². The van der Waals surface area contributed by atoms with E-state index in [0.717, 1.165) is 40.8 Å². The van der Waals surface area contributed by atoms with Gasteiger partial charge in [0.15, 0.2) is 0 Å². The molecule has 4 heteroatoms. The van der Waals surface area contributed by atoms with Crippen molar-refractivity contribution in [2.24, 2.45) is 0 Å². The maximum atomic E-state index is 11.6. The van der Waals surface area contributed by atoms with Crippen molar-refractivity contribution in [3.8, 4) is 5.75 Å². The Kier molecular flexibility index (Phi) is 2.55. The lowest BCUT2D eigenvalue weighted by molar-refractivity contribution is -0.143. The number of rotatable bonds is 2. The number of H-pyrrole nitrogens is 1. The molecule has 0 amide bonds. The van der Waals surface area contributed by atoms with Gasteiger partial charge in [0.2, 0.25) is 0 Å². The molecule has 19 heavy (non-hydrogen) atoms. The molecule has 1 unspecified atom stereocenters. The fourth-order valence-corrected chi connectivity index (χ4v) is 3.10. The Morgan fingerprint density at radius 3 is 2.95 bits per heavy atom. The molecular weight excluding hydrogens is 242 g/mol. The van der Waals surface area contributed by atoms with E-state index < -0.39 is 11.4 Å². The zero-order valence-electron chi connectivity index (χ0n) is 11.1. The number of carboxylic acid groups (broad SMARTS) is 1. The van der Waals surface area contributed by atoms with E-state index in [1.54, 1.807) is 14.0 Å². The zero-order valence-corrected chi connectivity index (χ0v) is 11.1. The lowest BCUT2D eigenvalue weighted by Gasteiger charge is -2.29. The van der Waals surface area contributed by atoms with E-state index in [9.17, 15) is 9.90 Å². The van der Waals surface area contributed by atoms with Crippen LogP contribution in [0.3, 0.4) is 0 Å². The van der Waals surface area contributed by atoms with E-state index in [-0.39, 0.29) is 0 Å². The van der Waals surface area contributed by atoms with Gasteiger partial charge in [-0.25, -0.2) is 0 Å². The third-order valence-electron chi connectivity index (χ3n) is 4.25. The molecule has 1 aliphatic rings. The van der Waals surface area contributed by atoms with Crippen LogP contribution in [0.4, 0.5) is 0 Å². The molecule has 0 spiro atoms. The molecule has 1 aromatic heterocycles. The third kappa shape index (κ3) is 1.56. The Balaban J connectivity index is 2.32. The number of aromatic nitrogens is 1. The largest absolute Gasteiger partial charge is 0.495 e. The van der Waals surface area contributed by atoms with Crippen molar-refractivity contribution in [2.45, 2.75) is 31.6 Å². The Morgan fingerprint density at radius 1 is 1.47 bits per heavy atom. The van der Waals surface area contributed by atoms with Crippen LogP contribution in [-0.4, -0.2) is 23.2 Å². The van der Waals surface area contributed by atoms with Crippen molar-refractivity contribution < 1.29 is 14.6 Å². The van der Waals surface area contributed by atoms with Gasteiger partial charge in [0.25, 0.3) is 0 Å². The highest BCUT2D eigenvalue weighted by molar-refractivity contribution is 5.93. The molecule has 1 heterocycles. The Morgan fingerprint density at radius 2 is 2.26 bits per heavy atom. The molecule has 0 bridgehead atoms. The lowest BCUT2D eigenvalue weighted by Crippen LogP contribution is -2.36. The maximum Gasteiger partial charge on any atom is 0.315 e. The molecule has 3 rings (SSSR count). The fraction of sp³-hybridized carbons (Fsp3) is 0.400. The number of ether oxygens (including phenoxy) is 1. The molecule has 2 aromatic rings. The van der Waals surface area contributed by atoms with Crippen LogP contribution in [0, 0.1) is 0 Å². The predicted molar refractivity (Wildman–Crippen MR) is 72.8 cm³/mol. The number of fused-ring (bicyclic) bond motifs is 3. The number of aryl methyl sites for hydroxylation is 1. The first-order valence-electron chi connectivity index (χ1n) is 6.49. The van der Waals surface area contributed by atoms with Gasteiger partial charge in [-0.1, -0.05) is 12.1 Å². The van der Waals surface area contributed by atoms with Crippen LogP contribution in [0.1, 0.15) is 31.0 Å². The Labute approximate surface area is 111 Å². The summed E-state index contributed by atoms with van der Waals surface area (Å²) in [4.78, 5) is 14.9. The highest BCUT2D eigenvalue weighted by atomic mass is 16.5. The van der Waals surface area contributed by atoms with Gasteiger partial charge in [-0.2, -0.15) is 0 Å². The second-order valence-electron chi connectivity index (χ2n) is 5.35. The van der Waals surface area contributed by atoms with Crippen LogP contribution in [0.25, 0.3) is 10.9 Å². The topological polar surface area (TPSA) is 62.3 Å². The molecule has 0 saturated heterocycles. The maximum absolute atomic E-state index is 11.6. The summed E-state index contributed by atoms with van der Waals surface area (Å²) in [6.45, 7) is 1.80. The van der Waals surface area contributed by atoms with Crippen molar-refractivity contribution in [3.63, 3.8) is 0 Å². The fourth-order valence-electron chi connectivity index (χ4n) is 3.10. The summed E-state index contributed by atoms with van der Waals surface area (Å²) in [5.74, 6) is -0.00129. The quantitative estimate of drug-likeness (QED) is 0.871. The molecule has 1 aromatic carbocycles. The molecular formula is C15H17NO3. The van der Waals surface area contributed by atoms with Gasteiger partial charge in [0.05, 0.1) is 12.6 Å². The molecule has 0 saturated carbocycles. The van der Waals surface area contributed by atoms with Gasteiger partial charge in [-0.3, -0.25) is 4.79 Å². The standard InChI is InChI=1S/C15H17NO3/c1-15(14(17)18)8-4-6-10-9-5-3-7-11(19-2)12(9)16-13(10)15/h3,5,7,16H,4,6,8H2,1-2H3,(H,17,18). The summed E-state index contributed by atoms with van der Waals surface area (Å²) in [5.41, 5.74) is 2.05. The molecule has 1 atom stereocenters. The summed E-state index contributed by atoms with van der Waals surface area (Å²) >= 11 is 0. The van der Waals surface area contributed by atoms with Gasteiger partial charge in [0.1, 0.15) is 11.2 Å². The van der Waals surface area contributed by atoms with Crippen molar-refractivity contribution in [2.75, 3.05) is 7.11 Å². The minimum absolute atomic E-state index is 0.671. The van der Waals surface area contributed by atoms with Crippen LogP contribution in [0.5, 0.6) is 5.75 Å². The Hall–Kier alpha value is -1.97. The number of hydrogen-bond acceptors (Lipinski definition) is 2. The van der Waals surface area contributed by atoms with Crippen molar-refractivity contribution in [1.29, 1.82) is 0 Å². The van der Waals surface area contributed by atoms with Gasteiger partial charge >= 0.3 is 5.97 Å². The normalized spacial score (nSPS) is 22.2. The van der Waals surface area contributed by atoms with Crippen LogP contribution in [0.2, 0.25) is 0 Å². The second-order valence-corrected chi connectivity index (χ2v) is 5.35. The highest BCUT2D eigenvalue weighted by Gasteiger charge is 2.41. The summed E-state index contributed by atoms with van der Waals surface area (Å²) in [6, 6.07) is 5.87. The summed E-state index contributed by atoms with van der Waals surface area (Å²) < 4.78 is 5.36. The number of benzene rings is 1. The van der Waals surface area contributed by atoms with Gasteiger partial charge in [0, 0.05) is 11.1 Å². The van der Waals surface area contributed by atoms with Gasteiger partial charge in [-0.05, 0) is 37.8 Å². The van der Waals surface area contributed by atoms with Gasteiger partial charge < -0.3 is 14.8 Å². The number of carboxylic acids is 1. The number of aliphatic carboxylic acids is 1. The number of carbonyl (C=O) groups is 1. The smallest absolute Gasteiger partial charge is 0.315 e. The number of methoxy groups -OCH3 is 1. The Bertz CT molecular complexity index is 659. The third-order valence-corrected chi connectivity index (χ3v) is 4.25. The van der Waals surface area contributed by atoms with Crippen LogP contribution >= 0.6 is 0 Å². The SMILES string of the molecule is COc1cccc2c3c([nH]c12)C(C)(C(=O)O)CCC3.